The number of pyridine rings is 1. The van der Waals surface area contributed by atoms with Crippen LogP contribution in [0.4, 0.5) is 0 Å². The normalized spacial score (nSPS) is 20.0. The predicted molar refractivity (Wildman–Crippen MR) is 132 cm³/mol. The summed E-state index contributed by atoms with van der Waals surface area (Å²) in [7, 11) is 0. The molecule has 182 valence electrons. The Balaban J connectivity index is 1.51. The van der Waals surface area contributed by atoms with Crippen molar-refractivity contribution in [3.05, 3.63) is 51.6 Å². The number of hydrogen-bond donors (Lipinski definition) is 1. The maximum atomic E-state index is 13.1. The van der Waals surface area contributed by atoms with Crippen LogP contribution in [0.5, 0.6) is 0 Å². The first-order chi connectivity index (χ1) is 16.6. The minimum Gasteiger partial charge on any atom is -0.377 e. The number of hydrogen-bond acceptors (Lipinski definition) is 6. The molecule has 1 N–H and O–H groups in total. The van der Waals surface area contributed by atoms with E-state index in [1.165, 1.54) is 18.4 Å². The first-order valence-electron chi connectivity index (χ1n) is 12.9. The lowest BCUT2D eigenvalue weighted by molar-refractivity contribution is 0.0471. The number of rotatable bonds is 9. The van der Waals surface area contributed by atoms with E-state index in [-0.39, 0.29) is 17.7 Å². The van der Waals surface area contributed by atoms with Gasteiger partial charge in [0.05, 0.1) is 18.2 Å². The van der Waals surface area contributed by atoms with Crippen LogP contribution in [-0.2, 0) is 11.3 Å². The van der Waals surface area contributed by atoms with Crippen LogP contribution in [0.1, 0.15) is 87.3 Å². The number of H-pyrrole nitrogens is 1. The van der Waals surface area contributed by atoms with Gasteiger partial charge in [0.25, 0.3) is 5.56 Å². The number of aromatic nitrogens is 5. The Morgan fingerprint density at radius 3 is 2.82 bits per heavy atom. The molecular weight excluding hydrogens is 428 g/mol. The third kappa shape index (κ3) is 4.93. The Bertz CT molecular complexity index is 1160. The van der Waals surface area contributed by atoms with Gasteiger partial charge >= 0.3 is 0 Å². The van der Waals surface area contributed by atoms with Gasteiger partial charge in [0.1, 0.15) is 0 Å². The topological polar surface area (TPSA) is 88.9 Å². The molecule has 1 saturated carbocycles. The molecule has 2 aromatic heterocycles. The van der Waals surface area contributed by atoms with E-state index in [0.29, 0.717) is 12.6 Å². The molecule has 0 bridgehead atoms. The van der Waals surface area contributed by atoms with Crippen molar-refractivity contribution in [2.24, 2.45) is 0 Å². The maximum absolute atomic E-state index is 13.1. The van der Waals surface area contributed by atoms with Crippen molar-refractivity contribution in [2.75, 3.05) is 13.2 Å². The number of aryl methyl sites for hydroxylation is 1. The molecule has 0 amide bonds. The van der Waals surface area contributed by atoms with Crippen LogP contribution < -0.4 is 5.56 Å². The highest BCUT2D eigenvalue weighted by molar-refractivity contribution is 5.79. The van der Waals surface area contributed by atoms with Gasteiger partial charge in [0.15, 0.2) is 5.82 Å². The fourth-order valence-corrected chi connectivity index (χ4v) is 5.64. The molecule has 1 saturated heterocycles. The van der Waals surface area contributed by atoms with Gasteiger partial charge in [0, 0.05) is 30.8 Å². The second-order valence-corrected chi connectivity index (χ2v) is 10.0. The van der Waals surface area contributed by atoms with E-state index in [1.54, 1.807) is 0 Å². The summed E-state index contributed by atoms with van der Waals surface area (Å²) in [6.45, 7) is 6.40. The Labute approximate surface area is 200 Å². The van der Waals surface area contributed by atoms with E-state index < -0.39 is 0 Å². The van der Waals surface area contributed by atoms with Gasteiger partial charge in [-0.25, -0.2) is 4.68 Å². The molecule has 5 rings (SSSR count). The van der Waals surface area contributed by atoms with Gasteiger partial charge in [0.2, 0.25) is 0 Å². The molecular formula is C26H36N6O2. The Hall–Kier alpha value is -2.58. The van der Waals surface area contributed by atoms with Gasteiger partial charge in [-0.1, -0.05) is 37.8 Å². The van der Waals surface area contributed by atoms with Crippen LogP contribution in [0.2, 0.25) is 0 Å². The van der Waals surface area contributed by atoms with Gasteiger partial charge in [-0.05, 0) is 73.0 Å². The molecule has 2 fully saturated rings. The third-order valence-corrected chi connectivity index (χ3v) is 7.40. The Morgan fingerprint density at radius 2 is 2.06 bits per heavy atom. The van der Waals surface area contributed by atoms with Crippen molar-refractivity contribution in [1.82, 2.24) is 30.1 Å². The highest BCUT2D eigenvalue weighted by Crippen LogP contribution is 2.34. The molecule has 1 aliphatic heterocycles. The first kappa shape index (κ1) is 23.2. The number of fused-ring (bicyclic) bond motifs is 1. The summed E-state index contributed by atoms with van der Waals surface area (Å²) < 4.78 is 8.10. The van der Waals surface area contributed by atoms with Crippen LogP contribution >= 0.6 is 0 Å². The van der Waals surface area contributed by atoms with E-state index in [4.69, 9.17) is 4.74 Å². The van der Waals surface area contributed by atoms with Crippen molar-refractivity contribution in [3.8, 4) is 0 Å². The molecule has 34 heavy (non-hydrogen) atoms. The third-order valence-electron chi connectivity index (χ3n) is 7.40. The number of nitrogens with one attached hydrogen (secondary N) is 1. The lowest BCUT2D eigenvalue weighted by atomic mass is 10.0. The lowest BCUT2D eigenvalue weighted by Crippen LogP contribution is -2.38. The van der Waals surface area contributed by atoms with Crippen molar-refractivity contribution in [2.45, 2.75) is 89.9 Å². The van der Waals surface area contributed by atoms with E-state index in [2.05, 4.69) is 50.0 Å². The lowest BCUT2D eigenvalue weighted by Gasteiger charge is -2.33. The zero-order valence-electron chi connectivity index (χ0n) is 20.4. The summed E-state index contributed by atoms with van der Waals surface area (Å²) in [6, 6.07) is 8.60. The van der Waals surface area contributed by atoms with Crippen molar-refractivity contribution in [1.29, 1.82) is 0 Å². The van der Waals surface area contributed by atoms with E-state index in [9.17, 15) is 4.79 Å². The summed E-state index contributed by atoms with van der Waals surface area (Å²) in [5.74, 6) is 0.930. The van der Waals surface area contributed by atoms with Gasteiger partial charge in [-0.3, -0.25) is 9.69 Å². The SMILES string of the molecule is CCC[C@@H](c1nnnn1C1CCCC1)N(Cc1cc2cc(C)ccc2[nH]c1=O)C[C@H]1CCCO1. The van der Waals surface area contributed by atoms with Gasteiger partial charge < -0.3 is 9.72 Å². The average Bonchev–Trinajstić information content (AvgIpc) is 3.60. The maximum Gasteiger partial charge on any atom is 0.252 e. The molecule has 3 heterocycles. The summed E-state index contributed by atoms with van der Waals surface area (Å²) >= 11 is 0. The minimum atomic E-state index is -0.0284. The fourth-order valence-electron chi connectivity index (χ4n) is 5.64. The summed E-state index contributed by atoms with van der Waals surface area (Å²) in [4.78, 5) is 18.6. The number of benzene rings is 1. The van der Waals surface area contributed by atoms with E-state index >= 15 is 0 Å². The second-order valence-electron chi connectivity index (χ2n) is 10.0. The zero-order chi connectivity index (χ0) is 23.5. The standard InChI is InChI=1S/C26H36N6O2/c1-3-7-24(25-28-29-30-32(25)21-8-4-5-9-21)31(17-22-10-6-13-34-22)16-20-15-19-14-18(2)11-12-23(19)27-26(20)33/h11-12,14-15,21-22,24H,3-10,13,16-17H2,1-2H3,(H,27,33)/t22-,24+/m1/s1. The molecule has 0 spiro atoms. The number of tetrazole rings is 1. The summed E-state index contributed by atoms with van der Waals surface area (Å²) in [5.41, 5.74) is 2.80. The molecule has 8 nitrogen and oxygen atoms in total. The van der Waals surface area contributed by atoms with Crippen LogP contribution in [-0.4, -0.2) is 49.3 Å². The van der Waals surface area contributed by atoms with Gasteiger partial charge in [-0.2, -0.15) is 0 Å². The van der Waals surface area contributed by atoms with Crippen LogP contribution in [0.15, 0.2) is 29.1 Å². The monoisotopic (exact) mass is 464 g/mol. The highest BCUT2D eigenvalue weighted by Gasteiger charge is 2.32. The smallest absolute Gasteiger partial charge is 0.252 e. The summed E-state index contributed by atoms with van der Waals surface area (Å²) in [6.07, 6.45) is 8.99. The Morgan fingerprint density at radius 1 is 1.21 bits per heavy atom. The van der Waals surface area contributed by atoms with Crippen LogP contribution in [0.3, 0.4) is 0 Å². The summed E-state index contributed by atoms with van der Waals surface area (Å²) in [5, 5.41) is 14.1. The number of nitrogens with zero attached hydrogens (tertiary/aromatic N) is 5. The molecule has 2 atom stereocenters. The molecule has 1 aromatic carbocycles. The van der Waals surface area contributed by atoms with Gasteiger partial charge in [-0.15, -0.1) is 5.10 Å². The average molecular weight is 465 g/mol. The van der Waals surface area contributed by atoms with Crippen molar-refractivity contribution >= 4 is 10.9 Å². The largest absolute Gasteiger partial charge is 0.377 e. The minimum absolute atomic E-state index is 0.0284. The molecule has 8 heteroatoms. The highest BCUT2D eigenvalue weighted by atomic mass is 16.5. The van der Waals surface area contributed by atoms with Crippen molar-refractivity contribution < 1.29 is 4.74 Å². The van der Waals surface area contributed by atoms with Crippen LogP contribution in [0, 0.1) is 6.92 Å². The van der Waals surface area contributed by atoms with E-state index in [0.717, 1.165) is 74.0 Å². The van der Waals surface area contributed by atoms with Crippen LogP contribution in [0.25, 0.3) is 10.9 Å². The molecule has 0 unspecified atom stereocenters. The first-order valence-corrected chi connectivity index (χ1v) is 12.9. The quantitative estimate of drug-likeness (QED) is 0.503. The number of ether oxygens (including phenoxy) is 1. The predicted octanol–water partition coefficient (Wildman–Crippen LogP) is 4.46. The van der Waals surface area contributed by atoms with E-state index in [1.807, 2.05) is 18.2 Å². The Kier molecular flexibility index (Phi) is 7.06. The molecule has 0 radical (unpaired) electrons. The number of aromatic amines is 1. The van der Waals surface area contributed by atoms with Crippen molar-refractivity contribution in [3.63, 3.8) is 0 Å². The second kappa shape index (κ2) is 10.4. The molecule has 1 aliphatic carbocycles. The molecule has 2 aliphatic rings. The zero-order valence-corrected chi connectivity index (χ0v) is 20.4. The fraction of sp³-hybridized carbons (Fsp3) is 0.615. The molecule has 3 aromatic rings.